The zero-order valence-electron chi connectivity index (χ0n) is 22.0. The van der Waals surface area contributed by atoms with Crippen LogP contribution in [0.5, 0.6) is 0 Å². The van der Waals surface area contributed by atoms with Crippen LogP contribution in [-0.2, 0) is 23.9 Å². The van der Waals surface area contributed by atoms with Crippen molar-refractivity contribution in [2.75, 3.05) is 19.8 Å². The van der Waals surface area contributed by atoms with Gasteiger partial charge in [0.1, 0.15) is 17.6 Å². The SMILES string of the molecule is C=CCCOC(=O)[C@H]1[C@H]2C(=O)N([C@H](CO)c3ccccc3)C(C(=O)N(CC=C)C(C)C)C23CC[C@]1(C)O3. The second-order valence-corrected chi connectivity index (χ2v) is 10.7. The van der Waals surface area contributed by atoms with Crippen LogP contribution >= 0.6 is 0 Å². The Morgan fingerprint density at radius 3 is 2.54 bits per heavy atom. The van der Waals surface area contributed by atoms with Gasteiger partial charge in [-0.05, 0) is 45.6 Å². The van der Waals surface area contributed by atoms with Gasteiger partial charge in [-0.2, -0.15) is 0 Å². The molecule has 1 aromatic carbocycles. The maximum absolute atomic E-state index is 14.3. The molecule has 2 amide bonds. The van der Waals surface area contributed by atoms with Crippen molar-refractivity contribution in [3.05, 3.63) is 61.2 Å². The molecule has 1 spiro atoms. The second kappa shape index (κ2) is 10.4. The van der Waals surface area contributed by atoms with Crippen LogP contribution in [0, 0.1) is 11.8 Å². The zero-order valence-corrected chi connectivity index (χ0v) is 22.0. The highest BCUT2D eigenvalue weighted by atomic mass is 16.6. The largest absolute Gasteiger partial charge is 0.465 e. The Labute approximate surface area is 218 Å². The molecule has 0 aliphatic carbocycles. The van der Waals surface area contributed by atoms with Gasteiger partial charge in [0.2, 0.25) is 11.8 Å². The van der Waals surface area contributed by atoms with Crippen LogP contribution in [0.25, 0.3) is 0 Å². The lowest BCUT2D eigenvalue weighted by atomic mass is 9.66. The summed E-state index contributed by atoms with van der Waals surface area (Å²) in [5, 5.41) is 10.5. The molecule has 0 aromatic heterocycles. The molecule has 3 aliphatic rings. The van der Waals surface area contributed by atoms with Crippen molar-refractivity contribution in [2.24, 2.45) is 11.8 Å². The van der Waals surface area contributed by atoms with E-state index < -0.39 is 41.1 Å². The van der Waals surface area contributed by atoms with Crippen molar-refractivity contribution in [3.8, 4) is 0 Å². The smallest absolute Gasteiger partial charge is 0.312 e. The lowest BCUT2D eigenvalue weighted by molar-refractivity contribution is -0.162. The first kappa shape index (κ1) is 27.1. The van der Waals surface area contributed by atoms with E-state index in [1.807, 2.05) is 51.1 Å². The minimum atomic E-state index is -1.19. The number of aliphatic hydroxyl groups excluding tert-OH is 1. The Bertz CT molecular complexity index is 1060. The van der Waals surface area contributed by atoms with Gasteiger partial charge in [-0.15, -0.1) is 13.2 Å². The van der Waals surface area contributed by atoms with Crippen LogP contribution in [0.2, 0.25) is 0 Å². The Kier molecular flexibility index (Phi) is 7.62. The fraction of sp³-hybridized carbons (Fsp3) is 0.552. The molecule has 0 saturated carbocycles. The highest BCUT2D eigenvalue weighted by Gasteiger charge is 2.79. The van der Waals surface area contributed by atoms with Gasteiger partial charge in [-0.3, -0.25) is 14.4 Å². The number of hydrogen-bond acceptors (Lipinski definition) is 6. The normalized spacial score (nSPS) is 30.8. The summed E-state index contributed by atoms with van der Waals surface area (Å²) in [5.74, 6) is -2.86. The van der Waals surface area contributed by atoms with Gasteiger partial charge in [0.15, 0.2) is 0 Å². The van der Waals surface area contributed by atoms with Crippen LogP contribution in [0.15, 0.2) is 55.6 Å². The molecule has 0 radical (unpaired) electrons. The molecular weight excluding hydrogens is 472 g/mol. The van der Waals surface area contributed by atoms with Crippen molar-refractivity contribution < 1.29 is 29.0 Å². The fourth-order valence-electron chi connectivity index (χ4n) is 6.55. The van der Waals surface area contributed by atoms with E-state index in [1.54, 1.807) is 17.1 Å². The first-order valence-electron chi connectivity index (χ1n) is 13.0. The highest BCUT2D eigenvalue weighted by Crippen LogP contribution is 2.64. The van der Waals surface area contributed by atoms with Crippen molar-refractivity contribution in [3.63, 3.8) is 0 Å². The van der Waals surface area contributed by atoms with E-state index in [-0.39, 0.29) is 31.1 Å². The van der Waals surface area contributed by atoms with Gasteiger partial charge in [0.25, 0.3) is 0 Å². The summed E-state index contributed by atoms with van der Waals surface area (Å²) in [4.78, 5) is 45.1. The molecule has 1 aromatic rings. The van der Waals surface area contributed by atoms with Crippen LogP contribution in [0.4, 0.5) is 0 Å². The van der Waals surface area contributed by atoms with Crippen molar-refractivity contribution >= 4 is 17.8 Å². The first-order valence-corrected chi connectivity index (χ1v) is 13.0. The quantitative estimate of drug-likeness (QED) is 0.279. The maximum Gasteiger partial charge on any atom is 0.312 e. The monoisotopic (exact) mass is 510 g/mol. The molecule has 8 heteroatoms. The standard InChI is InChI=1S/C29H38N2O6/c1-6-8-17-36-27(35)23-22-25(33)31(21(18-32)20-12-10-9-11-13-20)24(26(34)30(16-7-2)19(3)4)29(22)15-14-28(23,5)37-29/h6-7,9-13,19,21-24,32H,1-2,8,14-18H2,3-5H3/t21-,22+,23-,24?,28+,29?/m1/s1. The molecular formula is C29H38N2O6. The zero-order chi connectivity index (χ0) is 27.0. The Morgan fingerprint density at radius 2 is 1.95 bits per heavy atom. The van der Waals surface area contributed by atoms with Gasteiger partial charge in [-0.1, -0.05) is 42.5 Å². The average Bonchev–Trinajstić information content (AvgIpc) is 3.44. The number of fused-ring (bicyclic) bond motifs is 1. The summed E-state index contributed by atoms with van der Waals surface area (Å²) in [5.41, 5.74) is -1.40. The van der Waals surface area contributed by atoms with Crippen LogP contribution in [0.1, 0.15) is 51.6 Å². The number of rotatable bonds is 11. The van der Waals surface area contributed by atoms with E-state index in [4.69, 9.17) is 9.47 Å². The molecule has 4 rings (SSSR count). The van der Waals surface area contributed by atoms with Crippen LogP contribution < -0.4 is 0 Å². The summed E-state index contributed by atoms with van der Waals surface area (Å²) < 4.78 is 12.2. The molecule has 3 aliphatic heterocycles. The number of likely N-dealkylation sites (tertiary alicyclic amines) is 1. The van der Waals surface area contributed by atoms with Crippen LogP contribution in [-0.4, -0.2) is 75.7 Å². The number of hydrogen-bond donors (Lipinski definition) is 1. The average molecular weight is 511 g/mol. The molecule has 3 saturated heterocycles. The minimum absolute atomic E-state index is 0.156. The van der Waals surface area contributed by atoms with E-state index in [0.29, 0.717) is 31.4 Å². The number of ether oxygens (including phenoxy) is 2. The van der Waals surface area contributed by atoms with Crippen molar-refractivity contribution in [1.82, 2.24) is 9.80 Å². The van der Waals surface area contributed by atoms with E-state index in [2.05, 4.69) is 13.2 Å². The molecule has 6 atom stereocenters. The van der Waals surface area contributed by atoms with Gasteiger partial charge in [-0.25, -0.2) is 0 Å². The number of carbonyl (C=O) groups is 3. The molecule has 2 unspecified atom stereocenters. The molecule has 3 heterocycles. The number of esters is 1. The lowest BCUT2D eigenvalue weighted by Gasteiger charge is -2.40. The van der Waals surface area contributed by atoms with Gasteiger partial charge in [0, 0.05) is 12.6 Å². The van der Waals surface area contributed by atoms with E-state index in [0.717, 1.165) is 0 Å². The maximum atomic E-state index is 14.3. The lowest BCUT2D eigenvalue weighted by Crippen LogP contribution is -2.58. The number of carbonyl (C=O) groups excluding carboxylic acids is 3. The number of amides is 2. The second-order valence-electron chi connectivity index (χ2n) is 10.7. The van der Waals surface area contributed by atoms with E-state index in [9.17, 15) is 19.5 Å². The topological polar surface area (TPSA) is 96.4 Å². The number of benzene rings is 1. The molecule has 37 heavy (non-hydrogen) atoms. The number of aliphatic hydroxyl groups is 1. The van der Waals surface area contributed by atoms with Crippen LogP contribution in [0.3, 0.4) is 0 Å². The third-order valence-corrected chi connectivity index (χ3v) is 8.19. The molecule has 3 fully saturated rings. The van der Waals surface area contributed by atoms with Gasteiger partial charge < -0.3 is 24.4 Å². The molecule has 8 nitrogen and oxygen atoms in total. The predicted molar refractivity (Wildman–Crippen MR) is 138 cm³/mol. The Hall–Kier alpha value is -2.97. The summed E-state index contributed by atoms with van der Waals surface area (Å²) in [6.07, 6.45) is 4.79. The first-order chi connectivity index (χ1) is 17.7. The molecule has 200 valence electrons. The van der Waals surface area contributed by atoms with Crippen molar-refractivity contribution in [1.29, 1.82) is 0 Å². The summed E-state index contributed by atoms with van der Waals surface area (Å²) in [6, 6.07) is 7.23. The van der Waals surface area contributed by atoms with E-state index in [1.165, 1.54) is 4.90 Å². The summed E-state index contributed by atoms with van der Waals surface area (Å²) in [7, 11) is 0. The predicted octanol–water partition coefficient (Wildman–Crippen LogP) is 3.03. The van der Waals surface area contributed by atoms with Gasteiger partial charge in [0.05, 0.1) is 30.8 Å². The Balaban J connectivity index is 1.83. The fourth-order valence-corrected chi connectivity index (χ4v) is 6.55. The molecule has 1 N–H and O–H groups in total. The van der Waals surface area contributed by atoms with Crippen molar-refractivity contribution in [2.45, 2.75) is 69.4 Å². The van der Waals surface area contributed by atoms with Gasteiger partial charge >= 0.3 is 5.97 Å². The Morgan fingerprint density at radius 1 is 1.24 bits per heavy atom. The summed E-state index contributed by atoms with van der Waals surface area (Å²) >= 11 is 0. The highest BCUT2D eigenvalue weighted by molar-refractivity contribution is 5.99. The minimum Gasteiger partial charge on any atom is -0.465 e. The summed E-state index contributed by atoms with van der Waals surface area (Å²) in [6.45, 7) is 13.2. The van der Waals surface area contributed by atoms with E-state index >= 15 is 0 Å². The molecule has 2 bridgehead atoms. The third-order valence-electron chi connectivity index (χ3n) is 8.19. The third kappa shape index (κ3) is 4.30. The number of nitrogens with zero attached hydrogens (tertiary/aromatic N) is 2.